The molecule has 9 aromatic carbocycles. The third kappa shape index (κ3) is 14.2. The number of amides is 6. The number of benzene rings is 9. The van der Waals surface area contributed by atoms with E-state index in [0.717, 1.165) is 133 Å². The quantitative estimate of drug-likeness (QED) is 0.0261. The van der Waals surface area contributed by atoms with Crippen molar-refractivity contribution in [3.05, 3.63) is 304 Å². The molecule has 0 radical (unpaired) electrons. The van der Waals surface area contributed by atoms with Gasteiger partial charge in [-0.2, -0.15) is 0 Å². The molecular formula is C85H76N12O6. The van der Waals surface area contributed by atoms with Crippen LogP contribution in [0.2, 0.25) is 0 Å². The van der Waals surface area contributed by atoms with Crippen LogP contribution in [0.4, 0.5) is 17.1 Å². The Labute approximate surface area is 592 Å². The number of carbonyl (C=O) groups excluding carboxylic acids is 6. The summed E-state index contributed by atoms with van der Waals surface area (Å²) in [6, 6.07) is 67.0. The minimum atomic E-state index is -0.952. The molecular weight excluding hydrogens is 1290 g/mol. The van der Waals surface area contributed by atoms with Crippen LogP contribution in [0.15, 0.2) is 237 Å². The number of hydrogen-bond acceptors (Lipinski definition) is 6. The van der Waals surface area contributed by atoms with Crippen LogP contribution in [0.25, 0.3) is 65.4 Å². The Morgan fingerprint density at radius 3 is 0.816 bits per heavy atom. The van der Waals surface area contributed by atoms with E-state index in [4.69, 9.17) is 0 Å². The van der Waals surface area contributed by atoms with Crippen molar-refractivity contribution in [1.82, 2.24) is 45.9 Å². The lowest BCUT2D eigenvalue weighted by molar-refractivity contribution is -0.126. The van der Waals surface area contributed by atoms with E-state index < -0.39 is 41.8 Å². The first-order valence-electron chi connectivity index (χ1n) is 34.6. The molecule has 103 heavy (non-hydrogen) atoms. The van der Waals surface area contributed by atoms with Crippen LogP contribution < -0.4 is 31.9 Å². The number of aromatic nitrogens is 6. The molecule has 12 N–H and O–H groups in total. The van der Waals surface area contributed by atoms with E-state index >= 15 is 0 Å². The number of hydrogen-bond donors (Lipinski definition) is 12. The number of anilines is 3. The molecule has 512 valence electrons. The van der Waals surface area contributed by atoms with Crippen LogP contribution in [-0.4, -0.2) is 83.5 Å². The van der Waals surface area contributed by atoms with Crippen molar-refractivity contribution in [3.63, 3.8) is 0 Å². The lowest BCUT2D eigenvalue weighted by Gasteiger charge is -2.22. The number of rotatable bonds is 24. The maximum absolute atomic E-state index is 14.7. The van der Waals surface area contributed by atoms with Gasteiger partial charge in [0.15, 0.2) is 0 Å². The molecule has 6 heterocycles. The van der Waals surface area contributed by atoms with E-state index in [-0.39, 0.29) is 56.2 Å². The SMILES string of the molecule is Cc1[nH]c2ccccc2c1CC(=O)N[C@@H](Cc1c[nH]c2ccccc12)C(=O)Nc1ccc(C(c2ccc(NC(=O)[C@H](Cc3c[nH]c4ccccc34)NC(=O)Cc3c(C)[nH]c4ccccc34)cc2)c2ccc(NC(=O)[C@H](Cc3c[nH]c4ccccc34)NC(=O)Cc3c(C)[nH]c4ccccc34)cc2)cc1. The maximum atomic E-state index is 14.7. The molecule has 6 amide bonds. The molecule has 15 aromatic rings. The zero-order valence-corrected chi connectivity index (χ0v) is 57.0. The predicted octanol–water partition coefficient (Wildman–Crippen LogP) is 14.4. The molecule has 18 nitrogen and oxygen atoms in total. The molecule has 0 aliphatic rings. The van der Waals surface area contributed by atoms with Gasteiger partial charge in [-0.05, 0) is 144 Å². The fourth-order valence-electron chi connectivity index (χ4n) is 14.6. The first-order chi connectivity index (χ1) is 50.2. The number of H-pyrrole nitrogens is 6. The lowest BCUT2D eigenvalue weighted by atomic mass is 9.85. The number of nitrogens with one attached hydrogen (secondary N) is 12. The van der Waals surface area contributed by atoms with Gasteiger partial charge in [0.25, 0.3) is 0 Å². The second-order valence-electron chi connectivity index (χ2n) is 26.7. The average molecular weight is 1360 g/mol. The second-order valence-corrected chi connectivity index (χ2v) is 26.7. The van der Waals surface area contributed by atoms with E-state index in [1.165, 1.54) is 0 Å². The molecule has 0 aliphatic heterocycles. The molecule has 0 aliphatic carbocycles. The van der Waals surface area contributed by atoms with Crippen molar-refractivity contribution in [3.8, 4) is 0 Å². The van der Waals surface area contributed by atoms with E-state index in [9.17, 15) is 28.8 Å². The Kier molecular flexibility index (Phi) is 18.4. The monoisotopic (exact) mass is 1360 g/mol. The van der Waals surface area contributed by atoms with Crippen molar-refractivity contribution in [2.45, 2.75) is 83.3 Å². The number of para-hydroxylation sites is 6. The van der Waals surface area contributed by atoms with E-state index in [2.05, 4.69) is 61.8 Å². The Morgan fingerprint density at radius 1 is 0.301 bits per heavy atom. The molecule has 0 unspecified atom stereocenters. The van der Waals surface area contributed by atoms with Gasteiger partial charge in [-0.15, -0.1) is 0 Å². The van der Waals surface area contributed by atoms with Crippen LogP contribution in [0.3, 0.4) is 0 Å². The Balaban J connectivity index is 0.711. The highest BCUT2D eigenvalue weighted by atomic mass is 16.2. The normalized spacial score (nSPS) is 12.5. The van der Waals surface area contributed by atoms with E-state index in [1.54, 1.807) is 0 Å². The summed E-state index contributed by atoms with van der Waals surface area (Å²) in [6.07, 6.45) is 6.51. The van der Waals surface area contributed by atoms with Crippen LogP contribution in [0.1, 0.15) is 73.1 Å². The average Bonchev–Trinajstić information content (AvgIpc) is 1.50. The topological polar surface area (TPSA) is 269 Å². The number of aromatic amines is 6. The Hall–Kier alpha value is -13.0. The number of fused-ring (bicyclic) bond motifs is 6. The van der Waals surface area contributed by atoms with Gasteiger partial charge in [-0.25, -0.2) is 0 Å². The highest BCUT2D eigenvalue weighted by molar-refractivity contribution is 6.02. The van der Waals surface area contributed by atoms with Crippen LogP contribution in [0, 0.1) is 20.8 Å². The number of carbonyl (C=O) groups is 6. The third-order valence-corrected chi connectivity index (χ3v) is 19.9. The van der Waals surface area contributed by atoms with Gasteiger partial charge in [0, 0.05) is 143 Å². The van der Waals surface area contributed by atoms with Gasteiger partial charge in [-0.3, -0.25) is 28.8 Å². The van der Waals surface area contributed by atoms with Gasteiger partial charge in [0.2, 0.25) is 35.4 Å². The van der Waals surface area contributed by atoms with Gasteiger partial charge in [-0.1, -0.05) is 146 Å². The van der Waals surface area contributed by atoms with Crippen molar-refractivity contribution in [1.29, 1.82) is 0 Å². The summed E-state index contributed by atoms with van der Waals surface area (Å²) < 4.78 is 0. The summed E-state index contributed by atoms with van der Waals surface area (Å²) in [5.74, 6) is -2.51. The van der Waals surface area contributed by atoms with Crippen molar-refractivity contribution in [2.24, 2.45) is 0 Å². The zero-order chi connectivity index (χ0) is 70.7. The first kappa shape index (κ1) is 65.9. The Bertz CT molecular complexity index is 5140. The Morgan fingerprint density at radius 2 is 0.544 bits per heavy atom. The molecule has 0 spiro atoms. The summed E-state index contributed by atoms with van der Waals surface area (Å²) in [5.41, 5.74) is 17.5. The van der Waals surface area contributed by atoms with Crippen LogP contribution >= 0.6 is 0 Å². The third-order valence-electron chi connectivity index (χ3n) is 19.9. The molecule has 0 saturated carbocycles. The second kappa shape index (κ2) is 28.7. The van der Waals surface area contributed by atoms with Gasteiger partial charge in [0.05, 0.1) is 19.3 Å². The summed E-state index contributed by atoms with van der Waals surface area (Å²) in [7, 11) is 0. The van der Waals surface area contributed by atoms with Crippen molar-refractivity contribution in [2.75, 3.05) is 16.0 Å². The highest BCUT2D eigenvalue weighted by Crippen LogP contribution is 2.36. The zero-order valence-electron chi connectivity index (χ0n) is 57.0. The molecule has 6 aromatic heterocycles. The predicted molar refractivity (Wildman–Crippen MR) is 408 cm³/mol. The molecule has 15 rings (SSSR count). The van der Waals surface area contributed by atoms with Crippen molar-refractivity contribution < 1.29 is 28.8 Å². The minimum absolute atomic E-state index is 0.0686. The van der Waals surface area contributed by atoms with Crippen LogP contribution in [-0.2, 0) is 67.3 Å². The molecule has 0 fully saturated rings. The standard InChI is InChI=1S/C85H76N12O6/c1-49-67(64-19-7-13-25-73(64)89-49)43-79(98)95-76(40-55-46-86-70-22-10-4-16-61(55)70)83(101)92-58-34-28-52(29-35-58)82(53-30-36-59(37-31-53)93-84(102)77(41-56-47-87-71-23-11-5-17-62(56)71)96-80(99)44-68-50(2)90-74-26-14-8-20-65(68)74)54-32-38-60(39-33-54)94-85(103)78(42-57-48-88-72-24-12-6-18-63(57)72)97-81(100)45-69-51(3)91-75-27-15-9-21-66(69)75/h4-39,46-48,76-78,82,86-91H,40-45H2,1-3H3,(H,92,101)(H,93,102)(H,94,103)(H,95,98)(H,96,99)(H,97,100)/t76-,77-,78-/m0/s1. The maximum Gasteiger partial charge on any atom is 0.247 e. The highest BCUT2D eigenvalue weighted by Gasteiger charge is 2.29. The fourth-order valence-corrected chi connectivity index (χ4v) is 14.6. The van der Waals surface area contributed by atoms with E-state index in [0.29, 0.717) is 17.1 Å². The molecule has 18 heteroatoms. The molecule has 0 saturated heterocycles. The molecule has 0 bridgehead atoms. The first-order valence-corrected chi connectivity index (χ1v) is 34.6. The minimum Gasteiger partial charge on any atom is -0.361 e. The van der Waals surface area contributed by atoms with E-state index in [1.807, 2.05) is 258 Å². The summed E-state index contributed by atoms with van der Waals surface area (Å²) in [6.45, 7) is 5.84. The van der Waals surface area contributed by atoms with Crippen molar-refractivity contribution >= 4 is 118 Å². The van der Waals surface area contributed by atoms with Gasteiger partial charge < -0.3 is 61.8 Å². The summed E-state index contributed by atoms with van der Waals surface area (Å²) >= 11 is 0. The van der Waals surface area contributed by atoms with Gasteiger partial charge in [0.1, 0.15) is 18.1 Å². The summed E-state index contributed by atoms with van der Waals surface area (Å²) in [5, 5.41) is 24.3. The number of aryl methyl sites for hydroxylation is 3. The largest absolute Gasteiger partial charge is 0.361 e. The smallest absolute Gasteiger partial charge is 0.247 e. The molecule has 3 atom stereocenters. The van der Waals surface area contributed by atoms with Crippen LogP contribution in [0.5, 0.6) is 0 Å². The summed E-state index contributed by atoms with van der Waals surface area (Å²) in [4.78, 5) is 107. The van der Waals surface area contributed by atoms with Gasteiger partial charge >= 0.3 is 0 Å². The lowest BCUT2D eigenvalue weighted by Crippen LogP contribution is -2.45. The fraction of sp³-hybridized carbons (Fsp3) is 0.153.